The van der Waals surface area contributed by atoms with Crippen molar-refractivity contribution in [2.24, 2.45) is 0 Å². The number of aryl methyl sites for hydroxylation is 1. The fourth-order valence-electron chi connectivity index (χ4n) is 2.37. The van der Waals surface area contributed by atoms with E-state index in [2.05, 4.69) is 31.1 Å². The van der Waals surface area contributed by atoms with Crippen LogP contribution >= 0.6 is 0 Å². The Balaban J connectivity index is 1.34. The summed E-state index contributed by atoms with van der Waals surface area (Å²) in [6.07, 6.45) is 3.40. The minimum Gasteiger partial charge on any atom is -0.484 e. The molecule has 0 saturated carbocycles. The lowest BCUT2D eigenvalue weighted by Crippen LogP contribution is -2.32. The summed E-state index contributed by atoms with van der Waals surface area (Å²) in [4.78, 5) is 15.8. The summed E-state index contributed by atoms with van der Waals surface area (Å²) in [6.45, 7) is 2.94. The maximum absolute atomic E-state index is 11.8. The SMILES string of the molecule is Cc1cccc(OCC(=O)NCCNc2ccc(Nc3ccncc3)nn2)c1. The number of carbonyl (C=O) groups excluding carboxylic acids is 1. The lowest BCUT2D eigenvalue weighted by molar-refractivity contribution is -0.123. The Kier molecular flexibility index (Phi) is 6.73. The summed E-state index contributed by atoms with van der Waals surface area (Å²) in [6, 6.07) is 14.9. The van der Waals surface area contributed by atoms with Crippen LogP contribution in [0.1, 0.15) is 5.56 Å². The van der Waals surface area contributed by atoms with Crippen LogP contribution in [-0.2, 0) is 4.79 Å². The highest BCUT2D eigenvalue weighted by Gasteiger charge is 2.03. The fourth-order valence-corrected chi connectivity index (χ4v) is 2.37. The molecule has 0 atom stereocenters. The summed E-state index contributed by atoms with van der Waals surface area (Å²) >= 11 is 0. The summed E-state index contributed by atoms with van der Waals surface area (Å²) in [7, 11) is 0. The Morgan fingerprint density at radius 1 is 1.00 bits per heavy atom. The van der Waals surface area contributed by atoms with Crippen LogP contribution in [0.15, 0.2) is 60.9 Å². The molecule has 3 N–H and O–H groups in total. The second-order valence-corrected chi connectivity index (χ2v) is 6.05. The highest BCUT2D eigenvalue weighted by Crippen LogP contribution is 2.13. The predicted molar refractivity (Wildman–Crippen MR) is 108 cm³/mol. The molecular formula is C20H22N6O2. The van der Waals surface area contributed by atoms with Gasteiger partial charge >= 0.3 is 0 Å². The van der Waals surface area contributed by atoms with Crippen LogP contribution in [0, 0.1) is 6.92 Å². The lowest BCUT2D eigenvalue weighted by Gasteiger charge is -2.09. The topological polar surface area (TPSA) is 101 Å². The van der Waals surface area contributed by atoms with E-state index >= 15 is 0 Å². The van der Waals surface area contributed by atoms with E-state index in [0.717, 1.165) is 11.3 Å². The third kappa shape index (κ3) is 6.24. The molecule has 0 bridgehead atoms. The molecule has 8 nitrogen and oxygen atoms in total. The van der Waals surface area contributed by atoms with E-state index in [0.29, 0.717) is 30.5 Å². The number of ether oxygens (including phenoxy) is 1. The zero-order chi connectivity index (χ0) is 19.6. The van der Waals surface area contributed by atoms with Crippen molar-refractivity contribution in [2.75, 3.05) is 30.3 Å². The Bertz CT molecular complexity index is 887. The Labute approximate surface area is 163 Å². The molecule has 0 spiro atoms. The van der Waals surface area contributed by atoms with Crippen LogP contribution < -0.4 is 20.7 Å². The van der Waals surface area contributed by atoms with Gasteiger partial charge in [-0.2, -0.15) is 0 Å². The summed E-state index contributed by atoms with van der Waals surface area (Å²) in [5, 5.41) is 17.2. The Morgan fingerprint density at radius 3 is 2.54 bits per heavy atom. The van der Waals surface area contributed by atoms with E-state index < -0.39 is 0 Å². The van der Waals surface area contributed by atoms with Gasteiger partial charge in [-0.3, -0.25) is 9.78 Å². The second-order valence-electron chi connectivity index (χ2n) is 6.05. The van der Waals surface area contributed by atoms with Crippen LogP contribution in [0.2, 0.25) is 0 Å². The first-order chi connectivity index (χ1) is 13.7. The molecule has 2 aromatic heterocycles. The van der Waals surface area contributed by atoms with Crippen molar-refractivity contribution in [1.82, 2.24) is 20.5 Å². The van der Waals surface area contributed by atoms with E-state index in [4.69, 9.17) is 4.74 Å². The number of amides is 1. The number of benzene rings is 1. The number of nitrogens with one attached hydrogen (secondary N) is 3. The van der Waals surface area contributed by atoms with Crippen molar-refractivity contribution in [1.29, 1.82) is 0 Å². The zero-order valence-electron chi connectivity index (χ0n) is 15.6. The van der Waals surface area contributed by atoms with Crippen molar-refractivity contribution < 1.29 is 9.53 Å². The van der Waals surface area contributed by atoms with Crippen molar-refractivity contribution in [3.05, 3.63) is 66.5 Å². The van der Waals surface area contributed by atoms with Crippen LogP contribution in [0.3, 0.4) is 0 Å². The molecule has 0 saturated heterocycles. The van der Waals surface area contributed by atoms with Gasteiger partial charge in [-0.15, -0.1) is 10.2 Å². The number of hydrogen-bond donors (Lipinski definition) is 3. The summed E-state index contributed by atoms with van der Waals surface area (Å²) in [5.41, 5.74) is 1.98. The third-order valence-corrected chi connectivity index (χ3v) is 3.73. The molecule has 28 heavy (non-hydrogen) atoms. The smallest absolute Gasteiger partial charge is 0.258 e. The van der Waals surface area contributed by atoms with E-state index in [1.54, 1.807) is 12.4 Å². The molecule has 2 heterocycles. The van der Waals surface area contributed by atoms with Crippen LogP contribution in [0.25, 0.3) is 0 Å². The van der Waals surface area contributed by atoms with Crippen molar-refractivity contribution in [3.8, 4) is 5.75 Å². The third-order valence-electron chi connectivity index (χ3n) is 3.73. The zero-order valence-corrected chi connectivity index (χ0v) is 15.6. The molecule has 3 rings (SSSR count). The number of hydrogen-bond acceptors (Lipinski definition) is 7. The molecule has 3 aromatic rings. The molecule has 0 aliphatic heterocycles. The van der Waals surface area contributed by atoms with Gasteiger partial charge in [0.1, 0.15) is 11.6 Å². The minimum absolute atomic E-state index is 0.0152. The van der Waals surface area contributed by atoms with Gasteiger partial charge in [0, 0.05) is 31.2 Å². The van der Waals surface area contributed by atoms with Crippen LogP contribution in [0.5, 0.6) is 5.75 Å². The van der Waals surface area contributed by atoms with Crippen LogP contribution in [-0.4, -0.2) is 40.8 Å². The first kappa shape index (κ1) is 19.1. The van der Waals surface area contributed by atoms with Crippen molar-refractivity contribution in [3.63, 3.8) is 0 Å². The lowest BCUT2D eigenvalue weighted by atomic mass is 10.2. The number of aromatic nitrogens is 3. The summed E-state index contributed by atoms with van der Waals surface area (Å²) in [5.74, 6) is 1.78. The standard InChI is InChI=1S/C20H22N6O2/c1-15-3-2-4-17(13-15)28-14-20(27)23-12-11-22-18-5-6-19(26-25-18)24-16-7-9-21-10-8-16/h2-10,13H,11-12,14H2,1H3,(H,22,25)(H,23,27)(H,21,24,26). The van der Waals surface area contributed by atoms with E-state index in [9.17, 15) is 4.79 Å². The molecule has 144 valence electrons. The van der Waals surface area contributed by atoms with Gasteiger partial charge in [0.05, 0.1) is 0 Å². The molecule has 8 heteroatoms. The number of carbonyl (C=O) groups is 1. The maximum atomic E-state index is 11.8. The number of rotatable bonds is 9. The Morgan fingerprint density at radius 2 is 1.79 bits per heavy atom. The summed E-state index contributed by atoms with van der Waals surface area (Å²) < 4.78 is 5.46. The number of nitrogens with zero attached hydrogens (tertiary/aromatic N) is 3. The average Bonchev–Trinajstić information content (AvgIpc) is 2.72. The first-order valence-corrected chi connectivity index (χ1v) is 8.90. The Hall–Kier alpha value is -3.68. The molecule has 0 radical (unpaired) electrons. The highest BCUT2D eigenvalue weighted by atomic mass is 16.5. The molecule has 0 aliphatic rings. The van der Waals surface area contributed by atoms with Gasteiger partial charge in [-0.25, -0.2) is 0 Å². The largest absolute Gasteiger partial charge is 0.484 e. The molecule has 0 fully saturated rings. The average molecular weight is 378 g/mol. The molecular weight excluding hydrogens is 356 g/mol. The van der Waals surface area contributed by atoms with E-state index in [1.807, 2.05) is 55.5 Å². The predicted octanol–water partition coefficient (Wildman–Crippen LogP) is 2.53. The number of pyridine rings is 1. The second kappa shape index (κ2) is 9.86. The normalized spacial score (nSPS) is 10.2. The van der Waals surface area contributed by atoms with Gasteiger partial charge in [0.25, 0.3) is 5.91 Å². The number of anilines is 3. The quantitative estimate of drug-likeness (QED) is 0.492. The monoisotopic (exact) mass is 378 g/mol. The van der Waals surface area contributed by atoms with Gasteiger partial charge < -0.3 is 20.7 Å². The molecule has 1 amide bonds. The fraction of sp³-hybridized carbons (Fsp3) is 0.200. The van der Waals surface area contributed by atoms with Crippen LogP contribution in [0.4, 0.5) is 17.3 Å². The van der Waals surface area contributed by atoms with Gasteiger partial charge in [-0.05, 0) is 48.9 Å². The molecule has 1 aromatic carbocycles. The highest BCUT2D eigenvalue weighted by molar-refractivity contribution is 5.77. The van der Waals surface area contributed by atoms with Gasteiger partial charge in [0.15, 0.2) is 12.4 Å². The van der Waals surface area contributed by atoms with Gasteiger partial charge in [-0.1, -0.05) is 12.1 Å². The molecule has 0 unspecified atom stereocenters. The molecule has 0 aliphatic carbocycles. The minimum atomic E-state index is -0.175. The van der Waals surface area contributed by atoms with Gasteiger partial charge in [0.2, 0.25) is 0 Å². The van der Waals surface area contributed by atoms with E-state index in [1.165, 1.54) is 0 Å². The van der Waals surface area contributed by atoms with Crippen molar-refractivity contribution >= 4 is 23.2 Å². The van der Waals surface area contributed by atoms with E-state index in [-0.39, 0.29) is 12.5 Å². The first-order valence-electron chi connectivity index (χ1n) is 8.90. The maximum Gasteiger partial charge on any atom is 0.258 e. The van der Waals surface area contributed by atoms with Crippen molar-refractivity contribution in [2.45, 2.75) is 6.92 Å².